The molecule has 8 heteroatoms. The molecule has 0 amide bonds. The molecule has 0 bridgehead atoms. The molecule has 0 aliphatic carbocycles. The highest BCUT2D eigenvalue weighted by atomic mass is 32.2. The first kappa shape index (κ1) is 14.5. The molecule has 1 aromatic heterocycles. The minimum Gasteiger partial charge on any atom is -0.465 e. The Bertz CT molecular complexity index is 403. The van der Waals surface area contributed by atoms with E-state index in [0.29, 0.717) is 5.16 Å². The van der Waals surface area contributed by atoms with Crippen molar-refractivity contribution in [3.05, 3.63) is 6.33 Å². The van der Waals surface area contributed by atoms with E-state index in [-0.39, 0.29) is 13.2 Å². The molecule has 0 aromatic carbocycles. The van der Waals surface area contributed by atoms with Crippen LogP contribution in [0.3, 0.4) is 0 Å². The van der Waals surface area contributed by atoms with Gasteiger partial charge in [-0.3, -0.25) is 9.59 Å². The summed E-state index contributed by atoms with van der Waals surface area (Å²) in [6.45, 7) is 3.75. The summed E-state index contributed by atoms with van der Waals surface area (Å²) in [5.41, 5.74) is 0. The summed E-state index contributed by atoms with van der Waals surface area (Å²) in [5.74, 6) is -1.27. The van der Waals surface area contributed by atoms with Crippen LogP contribution < -0.4 is 0 Å². The lowest BCUT2D eigenvalue weighted by atomic mass is 10.4. The Balaban J connectivity index is 2.80. The third-order valence-electron chi connectivity index (χ3n) is 1.89. The third-order valence-corrected chi connectivity index (χ3v) is 3.10. The first-order valence-electron chi connectivity index (χ1n) is 5.44. The number of aryl methyl sites for hydroxylation is 1. The van der Waals surface area contributed by atoms with E-state index in [1.165, 1.54) is 6.33 Å². The standard InChI is InChI=1S/C10H15N3O4S/c1-4-16-8(14)7(9(15)17-5-2)18-10-12-11-6-13(10)3/h6-7H,4-5H2,1-3H3. The highest BCUT2D eigenvalue weighted by Gasteiger charge is 2.32. The fraction of sp³-hybridized carbons (Fsp3) is 0.600. The van der Waals surface area contributed by atoms with Gasteiger partial charge in [0, 0.05) is 7.05 Å². The monoisotopic (exact) mass is 273 g/mol. The number of nitrogens with zero attached hydrogens (tertiary/aromatic N) is 3. The average Bonchev–Trinajstić information content (AvgIpc) is 2.72. The van der Waals surface area contributed by atoms with Crippen LogP contribution in [-0.4, -0.2) is 45.2 Å². The number of rotatable bonds is 6. The van der Waals surface area contributed by atoms with Crippen LogP contribution in [0.25, 0.3) is 0 Å². The number of carbonyl (C=O) groups excluding carboxylic acids is 2. The molecule has 0 fully saturated rings. The van der Waals surface area contributed by atoms with Gasteiger partial charge in [0.2, 0.25) is 5.25 Å². The van der Waals surface area contributed by atoms with E-state index in [1.807, 2.05) is 0 Å². The highest BCUT2D eigenvalue weighted by molar-refractivity contribution is 8.01. The van der Waals surface area contributed by atoms with Gasteiger partial charge in [0.25, 0.3) is 0 Å². The van der Waals surface area contributed by atoms with Gasteiger partial charge in [-0.1, -0.05) is 11.8 Å². The lowest BCUT2D eigenvalue weighted by molar-refractivity contribution is -0.152. The quantitative estimate of drug-likeness (QED) is 0.421. The molecule has 0 radical (unpaired) electrons. The lowest BCUT2D eigenvalue weighted by Gasteiger charge is -2.12. The van der Waals surface area contributed by atoms with Gasteiger partial charge in [-0.2, -0.15) is 0 Å². The van der Waals surface area contributed by atoms with Gasteiger partial charge in [0.05, 0.1) is 13.2 Å². The largest absolute Gasteiger partial charge is 0.465 e. The summed E-state index contributed by atoms with van der Waals surface area (Å²) in [6.07, 6.45) is 1.48. The Labute approximate surface area is 109 Å². The summed E-state index contributed by atoms with van der Waals surface area (Å²) >= 11 is 0.958. The molecule has 0 aliphatic heterocycles. The first-order valence-corrected chi connectivity index (χ1v) is 6.32. The van der Waals surface area contributed by atoms with Gasteiger partial charge in [-0.25, -0.2) is 0 Å². The second-order valence-electron chi connectivity index (χ2n) is 3.23. The summed E-state index contributed by atoms with van der Waals surface area (Å²) in [5, 5.41) is 6.84. The summed E-state index contributed by atoms with van der Waals surface area (Å²) < 4.78 is 11.3. The lowest BCUT2D eigenvalue weighted by Crippen LogP contribution is -2.31. The van der Waals surface area contributed by atoms with E-state index < -0.39 is 17.2 Å². The first-order chi connectivity index (χ1) is 8.60. The van der Waals surface area contributed by atoms with Gasteiger partial charge in [0.1, 0.15) is 6.33 Å². The molecule has 0 N–H and O–H groups in total. The second kappa shape index (κ2) is 7.00. The molecular formula is C10H15N3O4S. The van der Waals surface area contributed by atoms with Crippen molar-refractivity contribution in [2.45, 2.75) is 24.3 Å². The zero-order chi connectivity index (χ0) is 13.5. The van der Waals surface area contributed by atoms with Crippen LogP contribution >= 0.6 is 11.8 Å². The molecule has 0 saturated carbocycles. The van der Waals surface area contributed by atoms with E-state index in [1.54, 1.807) is 25.5 Å². The molecule has 0 atom stereocenters. The molecular weight excluding hydrogens is 258 g/mol. The Kier molecular flexibility index (Phi) is 5.63. The summed E-state index contributed by atoms with van der Waals surface area (Å²) in [6, 6.07) is 0. The van der Waals surface area contributed by atoms with Gasteiger partial charge in [0.15, 0.2) is 5.16 Å². The van der Waals surface area contributed by atoms with E-state index in [2.05, 4.69) is 10.2 Å². The smallest absolute Gasteiger partial charge is 0.331 e. The van der Waals surface area contributed by atoms with Crippen molar-refractivity contribution in [3.8, 4) is 0 Å². The normalized spacial score (nSPS) is 10.4. The predicted octanol–water partition coefficient (Wildman–Crippen LogP) is 0.402. The van der Waals surface area contributed by atoms with Crippen molar-refractivity contribution >= 4 is 23.7 Å². The number of ether oxygens (including phenoxy) is 2. The van der Waals surface area contributed by atoms with Gasteiger partial charge in [-0.05, 0) is 13.8 Å². The topological polar surface area (TPSA) is 83.3 Å². The molecule has 1 rings (SSSR count). The SMILES string of the molecule is CCOC(=O)C(Sc1nncn1C)C(=O)OCC. The van der Waals surface area contributed by atoms with Crippen molar-refractivity contribution < 1.29 is 19.1 Å². The molecule has 1 heterocycles. The number of thioether (sulfide) groups is 1. The molecule has 0 saturated heterocycles. The van der Waals surface area contributed by atoms with Crippen molar-refractivity contribution in [2.24, 2.45) is 7.05 Å². The molecule has 0 aliphatic rings. The fourth-order valence-corrected chi connectivity index (χ4v) is 1.96. The predicted molar refractivity (Wildman–Crippen MR) is 63.9 cm³/mol. The number of hydrogen-bond acceptors (Lipinski definition) is 7. The zero-order valence-corrected chi connectivity index (χ0v) is 11.3. The van der Waals surface area contributed by atoms with Crippen molar-refractivity contribution in [3.63, 3.8) is 0 Å². The second-order valence-corrected chi connectivity index (χ2v) is 4.30. The van der Waals surface area contributed by atoms with Crippen LogP contribution in [0, 0.1) is 0 Å². The number of aromatic nitrogens is 3. The average molecular weight is 273 g/mol. The Morgan fingerprint density at radius 2 is 1.89 bits per heavy atom. The zero-order valence-electron chi connectivity index (χ0n) is 10.5. The summed E-state index contributed by atoms with van der Waals surface area (Å²) in [4.78, 5) is 23.4. The highest BCUT2D eigenvalue weighted by Crippen LogP contribution is 2.22. The van der Waals surface area contributed by atoms with Crippen LogP contribution in [0.15, 0.2) is 11.5 Å². The van der Waals surface area contributed by atoms with Crippen molar-refractivity contribution in [1.82, 2.24) is 14.8 Å². The molecule has 0 spiro atoms. The minimum absolute atomic E-state index is 0.202. The molecule has 0 unspecified atom stereocenters. The maximum atomic E-state index is 11.7. The Morgan fingerprint density at radius 1 is 1.33 bits per heavy atom. The summed E-state index contributed by atoms with van der Waals surface area (Å²) in [7, 11) is 1.72. The third kappa shape index (κ3) is 3.73. The maximum Gasteiger partial charge on any atom is 0.331 e. The maximum absolute atomic E-state index is 11.7. The number of carbonyl (C=O) groups is 2. The van der Waals surface area contributed by atoms with E-state index in [4.69, 9.17) is 9.47 Å². The van der Waals surface area contributed by atoms with Crippen LogP contribution in [0.5, 0.6) is 0 Å². The van der Waals surface area contributed by atoms with Gasteiger partial charge in [-0.15, -0.1) is 10.2 Å². The number of hydrogen-bond donors (Lipinski definition) is 0. The van der Waals surface area contributed by atoms with Crippen molar-refractivity contribution in [2.75, 3.05) is 13.2 Å². The van der Waals surface area contributed by atoms with E-state index in [0.717, 1.165) is 11.8 Å². The van der Waals surface area contributed by atoms with E-state index >= 15 is 0 Å². The Hall–Kier alpha value is -1.57. The van der Waals surface area contributed by atoms with Gasteiger partial charge < -0.3 is 14.0 Å². The van der Waals surface area contributed by atoms with Gasteiger partial charge >= 0.3 is 11.9 Å². The molecule has 100 valence electrons. The molecule has 1 aromatic rings. The molecule has 18 heavy (non-hydrogen) atoms. The Morgan fingerprint density at radius 3 is 2.28 bits per heavy atom. The van der Waals surface area contributed by atoms with Crippen molar-refractivity contribution in [1.29, 1.82) is 0 Å². The molecule has 7 nitrogen and oxygen atoms in total. The fourth-order valence-electron chi connectivity index (χ4n) is 1.11. The van der Waals surface area contributed by atoms with Crippen LogP contribution in [-0.2, 0) is 26.1 Å². The van der Waals surface area contributed by atoms with E-state index in [9.17, 15) is 9.59 Å². The minimum atomic E-state index is -1.08. The van der Waals surface area contributed by atoms with Crippen LogP contribution in [0.2, 0.25) is 0 Å². The van der Waals surface area contributed by atoms with Crippen LogP contribution in [0.4, 0.5) is 0 Å². The van der Waals surface area contributed by atoms with Crippen LogP contribution in [0.1, 0.15) is 13.8 Å². The number of esters is 2.